The SMILES string of the molecule is Oc1c(S[C@@H]2O[C@H](O)[C@@H](O)[C@H](O)[C@H]2O)[nH]c2ccccc12. The molecule has 2 aromatic rings. The second-order valence-electron chi connectivity index (χ2n) is 4.83. The van der Waals surface area contributed by atoms with Crippen LogP contribution in [-0.4, -0.2) is 60.6 Å². The van der Waals surface area contributed by atoms with Crippen molar-refractivity contribution in [3.63, 3.8) is 0 Å². The molecule has 114 valence electrons. The Hall–Kier alpha value is -1.29. The summed E-state index contributed by atoms with van der Waals surface area (Å²) in [4.78, 5) is 2.97. The number of aliphatic hydroxyl groups is 4. The maximum absolute atomic E-state index is 10.1. The molecule has 0 spiro atoms. The van der Waals surface area contributed by atoms with Gasteiger partial charge in [-0.1, -0.05) is 23.9 Å². The molecular weight excluding hydrogens is 298 g/mol. The number of ether oxygens (including phenoxy) is 1. The first-order chi connectivity index (χ1) is 9.99. The molecule has 0 bridgehead atoms. The second-order valence-corrected chi connectivity index (χ2v) is 5.94. The molecule has 6 N–H and O–H groups in total. The van der Waals surface area contributed by atoms with Crippen LogP contribution >= 0.6 is 11.8 Å². The van der Waals surface area contributed by atoms with Crippen LogP contribution in [0.1, 0.15) is 0 Å². The van der Waals surface area contributed by atoms with E-state index in [0.29, 0.717) is 15.9 Å². The van der Waals surface area contributed by atoms with Crippen molar-refractivity contribution in [2.24, 2.45) is 0 Å². The highest BCUT2D eigenvalue weighted by Crippen LogP contribution is 2.40. The number of hydrogen-bond donors (Lipinski definition) is 6. The van der Waals surface area contributed by atoms with Crippen molar-refractivity contribution in [1.82, 2.24) is 4.98 Å². The third-order valence-electron chi connectivity index (χ3n) is 3.42. The molecule has 0 aliphatic carbocycles. The summed E-state index contributed by atoms with van der Waals surface area (Å²) >= 11 is 0.926. The molecule has 3 rings (SSSR count). The van der Waals surface area contributed by atoms with E-state index in [4.69, 9.17) is 4.74 Å². The Morgan fingerprint density at radius 3 is 2.43 bits per heavy atom. The number of aromatic amines is 1. The van der Waals surface area contributed by atoms with Crippen LogP contribution in [0.2, 0.25) is 0 Å². The minimum Gasteiger partial charge on any atom is -0.505 e. The highest BCUT2D eigenvalue weighted by molar-refractivity contribution is 7.99. The number of aromatic nitrogens is 1. The lowest BCUT2D eigenvalue weighted by Gasteiger charge is -2.37. The Kier molecular flexibility index (Phi) is 3.82. The number of rotatable bonds is 2. The smallest absolute Gasteiger partial charge is 0.185 e. The van der Waals surface area contributed by atoms with Crippen LogP contribution in [0.5, 0.6) is 5.75 Å². The molecule has 1 fully saturated rings. The van der Waals surface area contributed by atoms with Gasteiger partial charge in [-0.3, -0.25) is 0 Å². The molecule has 5 atom stereocenters. The molecule has 21 heavy (non-hydrogen) atoms. The standard InChI is InChI=1S/C13H15NO6S/c15-7-5-3-1-2-4-6(5)14-11(7)21-13-10(18)8(16)9(17)12(19)20-13/h1-4,8-10,12-19H/t8-,9-,10+,12-,13-/m0/s1. The maximum atomic E-state index is 10.1. The van der Waals surface area contributed by atoms with E-state index in [-0.39, 0.29) is 5.75 Å². The van der Waals surface area contributed by atoms with E-state index in [1.54, 1.807) is 18.2 Å². The van der Waals surface area contributed by atoms with E-state index in [2.05, 4.69) is 4.98 Å². The van der Waals surface area contributed by atoms with Crippen molar-refractivity contribution >= 4 is 22.7 Å². The zero-order chi connectivity index (χ0) is 15.1. The number of para-hydroxylation sites is 1. The van der Waals surface area contributed by atoms with Gasteiger partial charge in [0.2, 0.25) is 0 Å². The van der Waals surface area contributed by atoms with Crippen molar-refractivity contribution in [3.8, 4) is 5.75 Å². The molecule has 2 heterocycles. The quantitative estimate of drug-likeness (QED) is 0.450. The number of benzene rings is 1. The Morgan fingerprint density at radius 1 is 1.00 bits per heavy atom. The summed E-state index contributed by atoms with van der Waals surface area (Å²) in [5, 5.41) is 49.5. The number of fused-ring (bicyclic) bond motifs is 1. The lowest BCUT2D eigenvalue weighted by molar-refractivity contribution is -0.261. The van der Waals surface area contributed by atoms with Gasteiger partial charge in [0.1, 0.15) is 28.8 Å². The van der Waals surface area contributed by atoms with Crippen LogP contribution in [0, 0.1) is 0 Å². The molecule has 1 saturated heterocycles. The second kappa shape index (κ2) is 5.48. The van der Waals surface area contributed by atoms with Crippen LogP contribution in [0.15, 0.2) is 29.3 Å². The molecule has 0 amide bonds. The third-order valence-corrected chi connectivity index (χ3v) is 4.58. The Balaban J connectivity index is 1.86. The minimum atomic E-state index is -1.60. The average Bonchev–Trinajstić information content (AvgIpc) is 2.79. The predicted octanol–water partition coefficient (Wildman–Crippen LogP) is -0.277. The molecular formula is C13H15NO6S. The molecule has 1 aromatic heterocycles. The van der Waals surface area contributed by atoms with E-state index < -0.39 is 30.0 Å². The van der Waals surface area contributed by atoms with Gasteiger partial charge in [-0.05, 0) is 12.1 Å². The summed E-state index contributed by atoms with van der Waals surface area (Å²) < 4.78 is 5.06. The first kappa shape index (κ1) is 14.6. The Bertz CT molecular complexity index is 647. The molecule has 1 aliphatic heterocycles. The highest BCUT2D eigenvalue weighted by Gasteiger charge is 2.43. The normalized spacial score (nSPS) is 33.4. The van der Waals surface area contributed by atoms with E-state index in [1.165, 1.54) is 0 Å². The summed E-state index contributed by atoms with van der Waals surface area (Å²) in [5.74, 6) is 0.00139. The number of nitrogens with one attached hydrogen (secondary N) is 1. The van der Waals surface area contributed by atoms with Gasteiger partial charge in [-0.2, -0.15) is 0 Å². The fourth-order valence-electron chi connectivity index (χ4n) is 2.23. The van der Waals surface area contributed by atoms with Gasteiger partial charge < -0.3 is 35.3 Å². The number of aliphatic hydroxyl groups excluding tert-OH is 4. The van der Waals surface area contributed by atoms with Crippen molar-refractivity contribution in [2.45, 2.75) is 35.1 Å². The van der Waals surface area contributed by atoms with Crippen LogP contribution in [0.4, 0.5) is 0 Å². The molecule has 7 nitrogen and oxygen atoms in total. The monoisotopic (exact) mass is 313 g/mol. The van der Waals surface area contributed by atoms with Crippen LogP contribution < -0.4 is 0 Å². The van der Waals surface area contributed by atoms with Crippen LogP contribution in [0.25, 0.3) is 10.9 Å². The van der Waals surface area contributed by atoms with Crippen molar-refractivity contribution in [3.05, 3.63) is 24.3 Å². The summed E-state index contributed by atoms with van der Waals surface area (Å²) in [6, 6.07) is 7.10. The fraction of sp³-hybridized carbons (Fsp3) is 0.385. The third kappa shape index (κ3) is 2.50. The number of aromatic hydroxyl groups is 1. The van der Waals surface area contributed by atoms with Gasteiger partial charge >= 0.3 is 0 Å². The van der Waals surface area contributed by atoms with Crippen molar-refractivity contribution in [1.29, 1.82) is 0 Å². The predicted molar refractivity (Wildman–Crippen MR) is 74.7 cm³/mol. The van der Waals surface area contributed by atoms with Crippen molar-refractivity contribution in [2.75, 3.05) is 0 Å². The van der Waals surface area contributed by atoms with Crippen LogP contribution in [0.3, 0.4) is 0 Å². The number of thioether (sulfide) groups is 1. The number of hydrogen-bond acceptors (Lipinski definition) is 7. The highest BCUT2D eigenvalue weighted by atomic mass is 32.2. The van der Waals surface area contributed by atoms with Gasteiger partial charge in [-0.25, -0.2) is 0 Å². The van der Waals surface area contributed by atoms with Gasteiger partial charge in [0.15, 0.2) is 12.0 Å². The van der Waals surface area contributed by atoms with Gasteiger partial charge in [0.05, 0.1) is 5.52 Å². The molecule has 1 aromatic carbocycles. The van der Waals surface area contributed by atoms with Gasteiger partial charge in [0.25, 0.3) is 0 Å². The molecule has 0 saturated carbocycles. The zero-order valence-corrected chi connectivity index (χ0v) is 11.6. The fourth-order valence-corrected chi connectivity index (χ4v) is 3.32. The lowest BCUT2D eigenvalue weighted by atomic mass is 10.1. The summed E-state index contributed by atoms with van der Waals surface area (Å²) in [6.07, 6.45) is -6.11. The van der Waals surface area contributed by atoms with E-state index in [0.717, 1.165) is 11.8 Å². The van der Waals surface area contributed by atoms with Crippen molar-refractivity contribution < 1.29 is 30.3 Å². The summed E-state index contributed by atoms with van der Waals surface area (Å²) in [7, 11) is 0. The van der Waals surface area contributed by atoms with E-state index in [1.807, 2.05) is 6.07 Å². The summed E-state index contributed by atoms with van der Waals surface area (Å²) in [5.41, 5.74) is -0.318. The summed E-state index contributed by atoms with van der Waals surface area (Å²) in [6.45, 7) is 0. The van der Waals surface area contributed by atoms with Crippen LogP contribution in [-0.2, 0) is 4.74 Å². The largest absolute Gasteiger partial charge is 0.505 e. The zero-order valence-electron chi connectivity index (χ0n) is 10.7. The van der Waals surface area contributed by atoms with Gasteiger partial charge in [0, 0.05) is 5.39 Å². The minimum absolute atomic E-state index is 0.00139. The molecule has 8 heteroatoms. The first-order valence-corrected chi connectivity index (χ1v) is 7.21. The molecule has 0 unspecified atom stereocenters. The molecule has 0 radical (unpaired) electrons. The molecule has 1 aliphatic rings. The Labute approximate surface area is 123 Å². The number of H-pyrrole nitrogens is 1. The Morgan fingerprint density at radius 2 is 1.71 bits per heavy atom. The van der Waals surface area contributed by atoms with Gasteiger partial charge in [-0.15, -0.1) is 0 Å². The lowest BCUT2D eigenvalue weighted by Crippen LogP contribution is -2.56. The maximum Gasteiger partial charge on any atom is 0.185 e. The first-order valence-electron chi connectivity index (χ1n) is 6.33. The topological polar surface area (TPSA) is 126 Å². The van der Waals surface area contributed by atoms with E-state index in [9.17, 15) is 25.5 Å². The average molecular weight is 313 g/mol. The van der Waals surface area contributed by atoms with E-state index >= 15 is 0 Å².